The number of ether oxygens (including phenoxy) is 1. The Bertz CT molecular complexity index is 846. The van der Waals surface area contributed by atoms with Crippen LogP contribution in [0, 0.1) is 0 Å². The second-order valence-electron chi connectivity index (χ2n) is 6.03. The van der Waals surface area contributed by atoms with Crippen LogP contribution in [0.1, 0.15) is 15.9 Å². The van der Waals surface area contributed by atoms with Crippen molar-refractivity contribution in [2.24, 2.45) is 0 Å². The standard InChI is InChI=1S/C19H17F3N2O3S/c20-19(21,22)27-16-9-5-4-8-14(16)10-23-17(25)15-11-28-12-24(15)18(26)13-6-2-1-3-7-13/h1-9,15H,10-12H2,(H,23,25)/t15-/m0/s1. The third-order valence-corrected chi connectivity index (χ3v) is 5.13. The van der Waals surface area contributed by atoms with E-state index in [0.717, 1.165) is 0 Å². The van der Waals surface area contributed by atoms with Gasteiger partial charge in [-0.25, -0.2) is 0 Å². The molecule has 1 N–H and O–H groups in total. The number of alkyl halides is 3. The van der Waals surface area contributed by atoms with Crippen molar-refractivity contribution in [1.29, 1.82) is 0 Å². The smallest absolute Gasteiger partial charge is 0.405 e. The summed E-state index contributed by atoms with van der Waals surface area (Å²) >= 11 is 1.45. The van der Waals surface area contributed by atoms with Gasteiger partial charge < -0.3 is 15.0 Å². The van der Waals surface area contributed by atoms with Crippen molar-refractivity contribution in [3.63, 3.8) is 0 Å². The second-order valence-corrected chi connectivity index (χ2v) is 7.03. The van der Waals surface area contributed by atoms with Gasteiger partial charge >= 0.3 is 6.36 Å². The maximum atomic E-state index is 12.6. The van der Waals surface area contributed by atoms with E-state index in [1.807, 2.05) is 0 Å². The zero-order valence-corrected chi connectivity index (χ0v) is 15.4. The summed E-state index contributed by atoms with van der Waals surface area (Å²) in [5, 5.41) is 2.61. The van der Waals surface area contributed by atoms with E-state index in [1.165, 1.54) is 34.9 Å². The van der Waals surface area contributed by atoms with E-state index in [9.17, 15) is 22.8 Å². The Hall–Kier alpha value is -2.68. The van der Waals surface area contributed by atoms with Gasteiger partial charge in [0.2, 0.25) is 5.91 Å². The number of nitrogens with one attached hydrogen (secondary N) is 1. The number of carbonyl (C=O) groups is 2. The third kappa shape index (κ3) is 4.98. The molecule has 1 aliphatic heterocycles. The van der Waals surface area contributed by atoms with E-state index >= 15 is 0 Å². The number of benzene rings is 2. The summed E-state index contributed by atoms with van der Waals surface area (Å²) in [6.45, 7) is -0.139. The molecule has 2 amide bonds. The first-order chi connectivity index (χ1) is 13.3. The van der Waals surface area contributed by atoms with Crippen LogP contribution in [0.5, 0.6) is 5.75 Å². The molecule has 28 heavy (non-hydrogen) atoms. The van der Waals surface area contributed by atoms with E-state index in [2.05, 4.69) is 10.1 Å². The van der Waals surface area contributed by atoms with E-state index in [0.29, 0.717) is 17.2 Å². The number of rotatable bonds is 5. The van der Waals surface area contributed by atoms with E-state index < -0.39 is 18.3 Å². The Balaban J connectivity index is 1.66. The lowest BCUT2D eigenvalue weighted by Crippen LogP contribution is -2.47. The Kier molecular flexibility index (Phi) is 6.13. The first-order valence-electron chi connectivity index (χ1n) is 8.40. The molecule has 1 fully saturated rings. The van der Waals surface area contributed by atoms with Crippen LogP contribution >= 0.6 is 11.8 Å². The van der Waals surface area contributed by atoms with Gasteiger partial charge in [0.1, 0.15) is 11.8 Å². The Labute approximate surface area is 163 Å². The zero-order chi connectivity index (χ0) is 20.1. The van der Waals surface area contributed by atoms with Crippen molar-refractivity contribution in [2.75, 3.05) is 11.6 Å². The van der Waals surface area contributed by atoms with Gasteiger partial charge in [-0.3, -0.25) is 9.59 Å². The first-order valence-corrected chi connectivity index (χ1v) is 9.56. The first kappa shape index (κ1) is 20.1. The fourth-order valence-electron chi connectivity index (χ4n) is 2.78. The lowest BCUT2D eigenvalue weighted by atomic mass is 10.1. The lowest BCUT2D eigenvalue weighted by molar-refractivity contribution is -0.274. The van der Waals surface area contributed by atoms with Gasteiger partial charge in [0, 0.05) is 23.4 Å². The van der Waals surface area contributed by atoms with Crippen LogP contribution in [0.2, 0.25) is 0 Å². The molecule has 0 aliphatic carbocycles. The zero-order valence-electron chi connectivity index (χ0n) is 14.6. The van der Waals surface area contributed by atoms with Gasteiger partial charge in [-0.05, 0) is 18.2 Å². The van der Waals surface area contributed by atoms with Crippen molar-refractivity contribution in [2.45, 2.75) is 18.9 Å². The van der Waals surface area contributed by atoms with Crippen molar-refractivity contribution >= 4 is 23.6 Å². The molecule has 0 bridgehead atoms. The molecule has 1 atom stereocenters. The van der Waals surface area contributed by atoms with Crippen molar-refractivity contribution in [3.8, 4) is 5.75 Å². The second kappa shape index (κ2) is 8.55. The van der Waals surface area contributed by atoms with Crippen LogP contribution < -0.4 is 10.1 Å². The Morgan fingerprint density at radius 1 is 1.11 bits per heavy atom. The lowest BCUT2D eigenvalue weighted by Gasteiger charge is -2.23. The number of hydrogen-bond acceptors (Lipinski definition) is 4. The van der Waals surface area contributed by atoms with Crippen molar-refractivity contribution in [3.05, 3.63) is 65.7 Å². The highest BCUT2D eigenvalue weighted by Crippen LogP contribution is 2.27. The molecule has 0 saturated carbocycles. The van der Waals surface area contributed by atoms with Gasteiger partial charge in [0.15, 0.2) is 0 Å². The molecule has 148 valence electrons. The summed E-state index contributed by atoms with van der Waals surface area (Å²) in [5.41, 5.74) is 0.673. The van der Waals surface area contributed by atoms with E-state index in [4.69, 9.17) is 0 Å². The number of carbonyl (C=O) groups excluding carboxylic acids is 2. The van der Waals surface area contributed by atoms with E-state index in [1.54, 1.807) is 36.4 Å². The molecule has 5 nitrogen and oxygen atoms in total. The average molecular weight is 410 g/mol. The predicted octanol–water partition coefficient (Wildman–Crippen LogP) is 3.42. The van der Waals surface area contributed by atoms with Crippen LogP contribution in [0.3, 0.4) is 0 Å². The third-order valence-electron chi connectivity index (χ3n) is 4.12. The van der Waals surface area contributed by atoms with Crippen LogP contribution in [-0.2, 0) is 11.3 Å². The highest BCUT2D eigenvalue weighted by molar-refractivity contribution is 7.99. The minimum atomic E-state index is -4.82. The highest BCUT2D eigenvalue weighted by atomic mass is 32.2. The van der Waals surface area contributed by atoms with Gasteiger partial charge in [-0.1, -0.05) is 36.4 Å². The normalized spacial score (nSPS) is 16.7. The summed E-state index contributed by atoms with van der Waals surface area (Å²) in [5.74, 6) is -0.249. The molecule has 2 aromatic rings. The number of para-hydroxylation sites is 1. The number of thioether (sulfide) groups is 1. The van der Waals surface area contributed by atoms with Crippen LogP contribution in [0.4, 0.5) is 13.2 Å². The van der Waals surface area contributed by atoms with Gasteiger partial charge in [0.25, 0.3) is 5.91 Å². The molecular formula is C19H17F3N2O3S. The summed E-state index contributed by atoms with van der Waals surface area (Å²) < 4.78 is 41.5. The summed E-state index contributed by atoms with van der Waals surface area (Å²) in [7, 11) is 0. The van der Waals surface area contributed by atoms with Crippen molar-refractivity contribution in [1.82, 2.24) is 10.2 Å². The molecule has 0 unspecified atom stereocenters. The molecule has 1 aliphatic rings. The number of nitrogens with zero attached hydrogens (tertiary/aromatic N) is 1. The van der Waals surface area contributed by atoms with Crippen molar-refractivity contribution < 1.29 is 27.5 Å². The topological polar surface area (TPSA) is 58.6 Å². The van der Waals surface area contributed by atoms with Crippen LogP contribution in [0.15, 0.2) is 54.6 Å². The minimum absolute atomic E-state index is 0.139. The maximum Gasteiger partial charge on any atom is 0.573 e. The average Bonchev–Trinajstić information content (AvgIpc) is 3.16. The fraction of sp³-hybridized carbons (Fsp3) is 0.263. The summed E-state index contributed by atoms with van der Waals surface area (Å²) in [6.07, 6.45) is -4.82. The fourth-order valence-corrected chi connectivity index (χ4v) is 3.93. The summed E-state index contributed by atoms with van der Waals surface area (Å²) in [4.78, 5) is 26.7. The maximum absolute atomic E-state index is 12.6. The molecule has 0 spiro atoms. The Morgan fingerprint density at radius 2 is 1.79 bits per heavy atom. The number of halogens is 3. The van der Waals surface area contributed by atoms with Crippen LogP contribution in [-0.4, -0.2) is 40.7 Å². The highest BCUT2D eigenvalue weighted by Gasteiger charge is 2.35. The molecule has 1 saturated heterocycles. The molecule has 1 heterocycles. The molecule has 0 radical (unpaired) electrons. The molecular weight excluding hydrogens is 393 g/mol. The molecule has 0 aromatic heterocycles. The molecule has 9 heteroatoms. The predicted molar refractivity (Wildman–Crippen MR) is 98.7 cm³/mol. The minimum Gasteiger partial charge on any atom is -0.405 e. The van der Waals surface area contributed by atoms with Gasteiger partial charge in [-0.15, -0.1) is 24.9 Å². The molecule has 2 aromatic carbocycles. The SMILES string of the molecule is O=C(NCc1ccccc1OC(F)(F)F)[C@@H]1CSCN1C(=O)c1ccccc1. The largest absolute Gasteiger partial charge is 0.573 e. The van der Waals surface area contributed by atoms with Crippen LogP contribution in [0.25, 0.3) is 0 Å². The Morgan fingerprint density at radius 3 is 2.50 bits per heavy atom. The quantitative estimate of drug-likeness (QED) is 0.821. The number of amides is 2. The summed E-state index contributed by atoms with van der Waals surface area (Å²) in [6, 6.07) is 13.5. The monoisotopic (exact) mass is 410 g/mol. The van der Waals surface area contributed by atoms with E-state index in [-0.39, 0.29) is 23.8 Å². The number of hydrogen-bond donors (Lipinski definition) is 1. The van der Waals surface area contributed by atoms with Gasteiger partial charge in [0.05, 0.1) is 5.88 Å². The van der Waals surface area contributed by atoms with Gasteiger partial charge in [-0.2, -0.15) is 0 Å². The molecule has 3 rings (SSSR count).